The van der Waals surface area contributed by atoms with Crippen LogP contribution in [0.5, 0.6) is 0 Å². The van der Waals surface area contributed by atoms with Gasteiger partial charge < -0.3 is 0 Å². The summed E-state index contributed by atoms with van der Waals surface area (Å²) in [6.45, 7) is 11.8. The molecule has 118 valence electrons. The lowest BCUT2D eigenvalue weighted by molar-refractivity contribution is 0.696. The van der Waals surface area contributed by atoms with Gasteiger partial charge in [0.15, 0.2) is 0 Å². The highest BCUT2D eigenvalue weighted by Crippen LogP contribution is 2.90. The first-order chi connectivity index (χ1) is 9.60. The number of hydrogen-bond acceptors (Lipinski definition) is 1. The van der Waals surface area contributed by atoms with E-state index in [1.54, 1.807) is 25.7 Å². The van der Waals surface area contributed by atoms with E-state index in [1.807, 2.05) is 0 Å². The van der Waals surface area contributed by atoms with E-state index in [0.717, 1.165) is 22.6 Å². The first kappa shape index (κ1) is 17.6. The zero-order valence-corrected chi connectivity index (χ0v) is 16.9. The van der Waals surface area contributed by atoms with E-state index >= 15 is 0 Å². The van der Waals surface area contributed by atoms with Gasteiger partial charge in [-0.15, -0.1) is 0 Å². The van der Waals surface area contributed by atoms with Crippen molar-refractivity contribution >= 4 is 24.6 Å². The molecule has 0 amide bonds. The van der Waals surface area contributed by atoms with Crippen molar-refractivity contribution in [3.63, 3.8) is 0 Å². The fraction of sp³-hybridized carbons (Fsp3) is 1.00. The predicted octanol–water partition coefficient (Wildman–Crippen LogP) is 7.38. The average Bonchev–Trinajstić information content (AvgIpc) is 2.99. The lowest BCUT2D eigenvalue weighted by Crippen LogP contribution is -2.11. The first-order valence-corrected chi connectivity index (χ1v) is 14.8. The minimum atomic E-state index is -0.745. The maximum Gasteiger partial charge on any atom is 0.0813 e. The van der Waals surface area contributed by atoms with Crippen molar-refractivity contribution in [2.45, 2.75) is 102 Å². The summed E-state index contributed by atoms with van der Waals surface area (Å²) in [5.41, 5.74) is 4.37. The van der Waals surface area contributed by atoms with Crippen molar-refractivity contribution in [3.8, 4) is 0 Å². The summed E-state index contributed by atoms with van der Waals surface area (Å²) in [4.78, 5) is 0. The minimum Gasteiger partial charge on any atom is -0.0648 e. The molecule has 0 aromatic rings. The van der Waals surface area contributed by atoms with E-state index in [1.165, 1.54) is 25.7 Å². The monoisotopic (exact) mass is 333 g/mol. The van der Waals surface area contributed by atoms with E-state index in [9.17, 15) is 0 Å². The van der Waals surface area contributed by atoms with Crippen LogP contribution in [0.2, 0.25) is 0 Å². The molecule has 0 aliphatic carbocycles. The second kappa shape index (κ2) is 7.66. The second-order valence-corrected chi connectivity index (χ2v) is 18.4. The Morgan fingerprint density at radius 1 is 0.800 bits per heavy atom. The SMILES string of the molecule is CC[C@@H]1CC[C@@H](CC)P1S[P+]1(C)[C@H](CC)CC[C@H]1CC. The van der Waals surface area contributed by atoms with E-state index in [4.69, 9.17) is 0 Å². The zero-order chi connectivity index (χ0) is 14.8. The molecule has 2 rings (SSSR count). The Morgan fingerprint density at radius 2 is 1.25 bits per heavy atom. The van der Waals surface area contributed by atoms with Crippen LogP contribution >= 0.6 is 24.6 Å². The molecule has 2 heterocycles. The van der Waals surface area contributed by atoms with Crippen LogP contribution in [0.4, 0.5) is 0 Å². The van der Waals surface area contributed by atoms with Crippen molar-refractivity contribution in [2.75, 3.05) is 6.66 Å². The Labute approximate surface area is 133 Å². The zero-order valence-electron chi connectivity index (χ0n) is 14.3. The van der Waals surface area contributed by atoms with Gasteiger partial charge in [0.05, 0.1) is 24.4 Å². The average molecular weight is 333 g/mol. The van der Waals surface area contributed by atoms with Gasteiger partial charge in [-0.1, -0.05) is 27.7 Å². The molecule has 4 atom stereocenters. The van der Waals surface area contributed by atoms with Crippen LogP contribution in [-0.2, 0) is 0 Å². The minimum absolute atomic E-state index is 0.270. The van der Waals surface area contributed by atoms with E-state index in [2.05, 4.69) is 45.4 Å². The van der Waals surface area contributed by atoms with Gasteiger partial charge in [-0.05, 0) is 62.7 Å². The van der Waals surface area contributed by atoms with Crippen molar-refractivity contribution < 1.29 is 0 Å². The van der Waals surface area contributed by atoms with Gasteiger partial charge >= 0.3 is 0 Å². The molecule has 0 aromatic carbocycles. The quantitative estimate of drug-likeness (QED) is 0.457. The summed E-state index contributed by atoms with van der Waals surface area (Å²) >= 11 is 2.62. The maximum absolute atomic E-state index is 2.76. The Kier molecular flexibility index (Phi) is 6.72. The van der Waals surface area contributed by atoms with Gasteiger partial charge in [0.1, 0.15) is 0 Å². The lowest BCUT2D eigenvalue weighted by atomic mass is 10.1. The van der Waals surface area contributed by atoms with Gasteiger partial charge in [-0.25, -0.2) is 0 Å². The molecule has 2 saturated heterocycles. The molecule has 2 aliphatic heterocycles. The summed E-state index contributed by atoms with van der Waals surface area (Å²) in [5, 5.41) is 0. The van der Waals surface area contributed by atoms with Crippen molar-refractivity contribution in [3.05, 3.63) is 0 Å². The molecule has 0 nitrogen and oxygen atoms in total. The van der Waals surface area contributed by atoms with Crippen LogP contribution in [0.3, 0.4) is 0 Å². The molecule has 0 spiro atoms. The van der Waals surface area contributed by atoms with Gasteiger partial charge in [0, 0.05) is 18.1 Å². The van der Waals surface area contributed by atoms with Crippen LogP contribution in [0, 0.1) is 0 Å². The molecule has 0 radical (unpaired) electrons. The highest BCUT2D eigenvalue weighted by Gasteiger charge is 2.56. The third-order valence-corrected chi connectivity index (χ3v) is 23.4. The number of rotatable bonds is 6. The molecule has 0 unspecified atom stereocenters. The van der Waals surface area contributed by atoms with Gasteiger partial charge in [0.25, 0.3) is 0 Å². The standard InChI is InChI=1S/C17H35P2S/c1-6-14-10-11-15(7-2)18(14)20-19(5)16(8-3)12-13-17(19)9-4/h14-17H,6-13H2,1-5H3/q+1/t14-,15-,16-,17-/m1/s1. The predicted molar refractivity (Wildman–Crippen MR) is 102 cm³/mol. The summed E-state index contributed by atoms with van der Waals surface area (Å²) in [6, 6.07) is 0. The van der Waals surface area contributed by atoms with Gasteiger partial charge in [-0.2, -0.15) is 0 Å². The fourth-order valence-corrected chi connectivity index (χ4v) is 25.3. The molecule has 3 heteroatoms. The summed E-state index contributed by atoms with van der Waals surface area (Å²) < 4.78 is 0. The van der Waals surface area contributed by atoms with Gasteiger partial charge in [-0.3, -0.25) is 0 Å². The third-order valence-electron chi connectivity index (χ3n) is 5.99. The molecule has 2 fully saturated rings. The normalized spacial score (nSPS) is 37.6. The molecular formula is C17H35P2S+. The Morgan fingerprint density at radius 3 is 1.60 bits per heavy atom. The fourth-order valence-electron chi connectivity index (χ4n) is 4.50. The molecule has 0 saturated carbocycles. The van der Waals surface area contributed by atoms with Crippen LogP contribution in [0.25, 0.3) is 0 Å². The third kappa shape index (κ3) is 3.26. The second-order valence-electron chi connectivity index (χ2n) is 6.90. The highest BCUT2D eigenvalue weighted by molar-refractivity contribution is 8.89. The molecule has 0 N–H and O–H groups in total. The first-order valence-electron chi connectivity index (χ1n) is 8.94. The van der Waals surface area contributed by atoms with Gasteiger partial charge in [0.2, 0.25) is 0 Å². The van der Waals surface area contributed by atoms with Crippen LogP contribution < -0.4 is 0 Å². The Hall–Kier alpha value is 1.21. The van der Waals surface area contributed by atoms with Crippen LogP contribution in [0.15, 0.2) is 0 Å². The molecule has 20 heavy (non-hydrogen) atoms. The summed E-state index contributed by atoms with van der Waals surface area (Å²) in [5.74, 6) is 0. The largest absolute Gasteiger partial charge is 0.0813 e. The van der Waals surface area contributed by atoms with E-state index in [-0.39, 0.29) is 7.12 Å². The highest BCUT2D eigenvalue weighted by atomic mass is 33.1. The van der Waals surface area contributed by atoms with Crippen molar-refractivity contribution in [2.24, 2.45) is 0 Å². The molecule has 0 aromatic heterocycles. The van der Waals surface area contributed by atoms with E-state index < -0.39 is 6.46 Å². The van der Waals surface area contributed by atoms with Crippen molar-refractivity contribution in [1.82, 2.24) is 0 Å². The summed E-state index contributed by atoms with van der Waals surface area (Å²) in [7, 11) is 0.270. The van der Waals surface area contributed by atoms with Crippen LogP contribution in [0.1, 0.15) is 79.1 Å². The molecule has 2 aliphatic rings. The van der Waals surface area contributed by atoms with E-state index in [0.29, 0.717) is 0 Å². The maximum atomic E-state index is 2.76. The topological polar surface area (TPSA) is 0 Å². The Bertz CT molecular complexity index is 283. The Balaban J connectivity index is 2.15. The van der Waals surface area contributed by atoms with Crippen LogP contribution in [-0.4, -0.2) is 29.3 Å². The lowest BCUT2D eigenvalue weighted by Gasteiger charge is -2.33. The van der Waals surface area contributed by atoms with Crippen molar-refractivity contribution in [1.29, 1.82) is 0 Å². The summed E-state index contributed by atoms with van der Waals surface area (Å²) in [6.07, 6.45) is 12.0. The molecule has 0 bridgehead atoms. The number of hydrogen-bond donors (Lipinski definition) is 0. The molecular weight excluding hydrogens is 298 g/mol. The smallest absolute Gasteiger partial charge is 0.0648 e.